The molecule has 1 heteroatoms. The number of hydrogen-bond donors (Lipinski definition) is 0. The van der Waals surface area contributed by atoms with E-state index >= 15 is 0 Å². The summed E-state index contributed by atoms with van der Waals surface area (Å²) in [4.78, 5) is 0. The summed E-state index contributed by atoms with van der Waals surface area (Å²) in [5.74, 6) is 0.622. The molecule has 0 heterocycles. The first-order valence-electron chi connectivity index (χ1n) is 6.76. The SMILES string of the molecule is CC(C)Cc1c(C#N)ccc2c1CCCCC2. The summed E-state index contributed by atoms with van der Waals surface area (Å²) in [5.41, 5.74) is 5.23. The van der Waals surface area contributed by atoms with E-state index in [0.717, 1.165) is 12.0 Å². The van der Waals surface area contributed by atoms with E-state index in [2.05, 4.69) is 26.0 Å². The molecular weight excluding hydrogens is 206 g/mol. The number of aryl methyl sites for hydroxylation is 1. The molecule has 0 atom stereocenters. The van der Waals surface area contributed by atoms with E-state index in [-0.39, 0.29) is 0 Å². The highest BCUT2D eigenvalue weighted by Gasteiger charge is 2.16. The van der Waals surface area contributed by atoms with Crippen molar-refractivity contribution >= 4 is 0 Å². The molecule has 0 aromatic heterocycles. The van der Waals surface area contributed by atoms with Gasteiger partial charge in [-0.3, -0.25) is 0 Å². The molecule has 0 amide bonds. The zero-order valence-corrected chi connectivity index (χ0v) is 10.9. The van der Waals surface area contributed by atoms with Crippen LogP contribution in [0.5, 0.6) is 0 Å². The van der Waals surface area contributed by atoms with Crippen molar-refractivity contribution in [2.24, 2.45) is 5.92 Å². The van der Waals surface area contributed by atoms with Crippen molar-refractivity contribution in [1.82, 2.24) is 0 Å². The molecule has 1 aromatic carbocycles. The molecule has 0 saturated carbocycles. The van der Waals surface area contributed by atoms with E-state index in [4.69, 9.17) is 0 Å². The van der Waals surface area contributed by atoms with Gasteiger partial charge in [0.2, 0.25) is 0 Å². The lowest BCUT2D eigenvalue weighted by molar-refractivity contribution is 0.639. The lowest BCUT2D eigenvalue weighted by Crippen LogP contribution is -2.05. The Morgan fingerprint density at radius 3 is 2.65 bits per heavy atom. The van der Waals surface area contributed by atoms with Gasteiger partial charge in [-0.2, -0.15) is 5.26 Å². The first-order chi connectivity index (χ1) is 8.22. The molecule has 0 fully saturated rings. The van der Waals surface area contributed by atoms with Crippen molar-refractivity contribution in [3.63, 3.8) is 0 Å². The Kier molecular flexibility index (Phi) is 3.84. The average Bonchev–Trinajstić information content (AvgIpc) is 2.54. The standard InChI is InChI=1S/C16H21N/c1-12(2)10-16-14(11-17)9-8-13-6-4-3-5-7-15(13)16/h8-9,12H,3-7,10H2,1-2H3. The second-order valence-corrected chi connectivity index (χ2v) is 5.50. The van der Waals surface area contributed by atoms with Crippen molar-refractivity contribution in [2.45, 2.75) is 52.4 Å². The first-order valence-corrected chi connectivity index (χ1v) is 6.76. The van der Waals surface area contributed by atoms with Crippen LogP contribution < -0.4 is 0 Å². The Hall–Kier alpha value is -1.29. The third-order valence-electron chi connectivity index (χ3n) is 3.63. The third-order valence-corrected chi connectivity index (χ3v) is 3.63. The van der Waals surface area contributed by atoms with Crippen molar-refractivity contribution in [1.29, 1.82) is 5.26 Å². The van der Waals surface area contributed by atoms with E-state index in [1.54, 1.807) is 0 Å². The molecule has 2 rings (SSSR count). The Labute approximate surface area is 104 Å². The third kappa shape index (κ3) is 2.69. The maximum Gasteiger partial charge on any atom is 0.0994 e. The molecule has 17 heavy (non-hydrogen) atoms. The molecule has 1 aliphatic rings. The quantitative estimate of drug-likeness (QED) is 0.700. The Bertz CT molecular complexity index is 438. The van der Waals surface area contributed by atoms with Gasteiger partial charge in [-0.05, 0) is 60.8 Å². The molecule has 0 saturated heterocycles. The summed E-state index contributed by atoms with van der Waals surface area (Å²) in [7, 11) is 0. The molecule has 0 bridgehead atoms. The van der Waals surface area contributed by atoms with Gasteiger partial charge in [0.1, 0.15) is 0 Å². The van der Waals surface area contributed by atoms with Crippen LogP contribution in [0.25, 0.3) is 0 Å². The highest BCUT2D eigenvalue weighted by atomic mass is 14.3. The minimum Gasteiger partial charge on any atom is -0.192 e. The van der Waals surface area contributed by atoms with Gasteiger partial charge >= 0.3 is 0 Å². The second kappa shape index (κ2) is 5.36. The van der Waals surface area contributed by atoms with E-state index in [1.165, 1.54) is 48.8 Å². The predicted octanol–water partition coefficient (Wildman–Crippen LogP) is 4.03. The monoisotopic (exact) mass is 227 g/mol. The zero-order valence-electron chi connectivity index (χ0n) is 10.9. The summed E-state index contributed by atoms with van der Waals surface area (Å²) in [6.45, 7) is 4.47. The van der Waals surface area contributed by atoms with E-state index in [1.807, 2.05) is 6.07 Å². The van der Waals surface area contributed by atoms with Crippen LogP contribution in [0.15, 0.2) is 12.1 Å². The molecule has 1 nitrogen and oxygen atoms in total. The molecule has 0 radical (unpaired) electrons. The van der Waals surface area contributed by atoms with E-state index < -0.39 is 0 Å². The van der Waals surface area contributed by atoms with Crippen LogP contribution >= 0.6 is 0 Å². The maximum atomic E-state index is 9.25. The summed E-state index contributed by atoms with van der Waals surface area (Å²) in [6, 6.07) is 6.58. The Morgan fingerprint density at radius 1 is 1.18 bits per heavy atom. The predicted molar refractivity (Wildman–Crippen MR) is 71.0 cm³/mol. The number of benzene rings is 1. The summed E-state index contributed by atoms with van der Waals surface area (Å²) >= 11 is 0. The fraction of sp³-hybridized carbons (Fsp3) is 0.562. The van der Waals surface area contributed by atoms with Gasteiger partial charge in [-0.25, -0.2) is 0 Å². The highest BCUT2D eigenvalue weighted by Crippen LogP contribution is 2.28. The van der Waals surface area contributed by atoms with E-state index in [0.29, 0.717) is 5.92 Å². The highest BCUT2D eigenvalue weighted by molar-refractivity contribution is 5.47. The fourth-order valence-electron chi connectivity index (χ4n) is 2.83. The van der Waals surface area contributed by atoms with Gasteiger partial charge in [0.25, 0.3) is 0 Å². The number of hydrogen-bond acceptors (Lipinski definition) is 1. The number of nitrogens with zero attached hydrogens (tertiary/aromatic N) is 1. The summed E-state index contributed by atoms with van der Waals surface area (Å²) in [5, 5.41) is 9.25. The Morgan fingerprint density at radius 2 is 1.94 bits per heavy atom. The van der Waals surface area contributed by atoms with Crippen molar-refractivity contribution in [3.05, 3.63) is 34.4 Å². The second-order valence-electron chi connectivity index (χ2n) is 5.50. The van der Waals surface area contributed by atoms with Crippen LogP contribution in [-0.4, -0.2) is 0 Å². The molecular formula is C16H21N. The van der Waals surface area contributed by atoms with Crippen LogP contribution in [0.3, 0.4) is 0 Å². The summed E-state index contributed by atoms with van der Waals surface area (Å²) in [6.07, 6.45) is 7.34. The molecule has 0 spiro atoms. The topological polar surface area (TPSA) is 23.8 Å². The first kappa shape index (κ1) is 12.2. The van der Waals surface area contributed by atoms with Gasteiger partial charge in [0.15, 0.2) is 0 Å². The molecule has 0 unspecified atom stereocenters. The smallest absolute Gasteiger partial charge is 0.0994 e. The normalized spacial score (nSPS) is 15.2. The molecule has 1 aromatic rings. The van der Waals surface area contributed by atoms with Gasteiger partial charge in [-0.1, -0.05) is 26.3 Å². The summed E-state index contributed by atoms with van der Waals surface area (Å²) < 4.78 is 0. The van der Waals surface area contributed by atoms with Gasteiger partial charge in [-0.15, -0.1) is 0 Å². The maximum absolute atomic E-state index is 9.25. The van der Waals surface area contributed by atoms with Crippen molar-refractivity contribution in [3.8, 4) is 6.07 Å². The average molecular weight is 227 g/mol. The van der Waals surface area contributed by atoms with Gasteiger partial charge in [0, 0.05) is 0 Å². The van der Waals surface area contributed by atoms with Crippen LogP contribution in [0.4, 0.5) is 0 Å². The minimum atomic E-state index is 0.622. The van der Waals surface area contributed by atoms with Crippen molar-refractivity contribution in [2.75, 3.05) is 0 Å². The van der Waals surface area contributed by atoms with Crippen LogP contribution in [0, 0.1) is 17.2 Å². The molecule has 90 valence electrons. The van der Waals surface area contributed by atoms with E-state index in [9.17, 15) is 5.26 Å². The van der Waals surface area contributed by atoms with Crippen LogP contribution in [0.1, 0.15) is 55.4 Å². The largest absolute Gasteiger partial charge is 0.192 e. The van der Waals surface area contributed by atoms with Gasteiger partial charge < -0.3 is 0 Å². The van der Waals surface area contributed by atoms with Crippen molar-refractivity contribution < 1.29 is 0 Å². The number of fused-ring (bicyclic) bond motifs is 1. The van der Waals surface area contributed by atoms with Gasteiger partial charge in [0.05, 0.1) is 11.6 Å². The van der Waals surface area contributed by atoms with Crippen LogP contribution in [0.2, 0.25) is 0 Å². The lowest BCUT2D eigenvalue weighted by Gasteiger charge is -2.16. The Balaban J connectivity index is 2.47. The molecule has 0 N–H and O–H groups in total. The minimum absolute atomic E-state index is 0.622. The fourth-order valence-corrected chi connectivity index (χ4v) is 2.83. The number of nitriles is 1. The number of rotatable bonds is 2. The molecule has 0 aliphatic heterocycles. The zero-order chi connectivity index (χ0) is 12.3. The lowest BCUT2D eigenvalue weighted by atomic mass is 9.88. The molecule has 1 aliphatic carbocycles. The van der Waals surface area contributed by atoms with Crippen LogP contribution in [-0.2, 0) is 19.3 Å².